The number of hydrogen-bond donors (Lipinski definition) is 3. The average Bonchev–Trinajstić information content (AvgIpc) is 3.57. The van der Waals surface area contributed by atoms with Crippen molar-refractivity contribution in [2.24, 2.45) is 0 Å². The van der Waals surface area contributed by atoms with Crippen LogP contribution in [0.5, 0.6) is 0 Å². The molecule has 1 aliphatic heterocycles. The quantitative estimate of drug-likeness (QED) is 0.260. The molecular formula is C31H32N8O4. The number of imide groups is 1. The number of anilines is 3. The van der Waals surface area contributed by atoms with Gasteiger partial charge in [-0.2, -0.15) is 5.21 Å². The van der Waals surface area contributed by atoms with Crippen LogP contribution in [0.25, 0.3) is 0 Å². The highest BCUT2D eigenvalue weighted by Gasteiger charge is 2.37. The highest BCUT2D eigenvalue weighted by Crippen LogP contribution is 2.29. The van der Waals surface area contributed by atoms with E-state index in [1.807, 2.05) is 24.3 Å². The number of carbonyl (C=O) groups is 4. The third kappa shape index (κ3) is 6.13. The number of rotatable bonds is 7. The lowest BCUT2D eigenvalue weighted by Gasteiger charge is -2.25. The minimum atomic E-state index is -0.431. The molecule has 43 heavy (non-hydrogen) atoms. The third-order valence-electron chi connectivity index (χ3n) is 7.10. The Morgan fingerprint density at radius 1 is 0.907 bits per heavy atom. The summed E-state index contributed by atoms with van der Waals surface area (Å²) in [6.07, 6.45) is 0. The van der Waals surface area contributed by atoms with Crippen molar-refractivity contribution in [2.45, 2.75) is 52.6 Å². The van der Waals surface area contributed by atoms with Gasteiger partial charge in [-0.15, -0.1) is 5.10 Å². The molecule has 12 heteroatoms. The van der Waals surface area contributed by atoms with E-state index in [0.29, 0.717) is 22.5 Å². The van der Waals surface area contributed by atoms with E-state index in [9.17, 15) is 19.2 Å². The molecule has 2 heterocycles. The third-order valence-corrected chi connectivity index (χ3v) is 7.10. The number of carbonyl (C=O) groups excluding carboxylic acids is 4. The molecule has 4 aromatic rings. The summed E-state index contributed by atoms with van der Waals surface area (Å²) >= 11 is 0. The molecule has 12 nitrogen and oxygen atoms in total. The topological polar surface area (TPSA) is 153 Å². The highest BCUT2D eigenvalue weighted by molar-refractivity contribution is 6.22. The van der Waals surface area contributed by atoms with Gasteiger partial charge < -0.3 is 5.32 Å². The maximum atomic E-state index is 13.7. The summed E-state index contributed by atoms with van der Waals surface area (Å²) in [4.78, 5) is 54.6. The van der Waals surface area contributed by atoms with Gasteiger partial charge in [0.2, 0.25) is 0 Å². The van der Waals surface area contributed by atoms with Crippen LogP contribution >= 0.6 is 0 Å². The predicted molar refractivity (Wildman–Crippen MR) is 161 cm³/mol. The van der Waals surface area contributed by atoms with E-state index in [0.717, 1.165) is 11.1 Å². The predicted octanol–water partition coefficient (Wildman–Crippen LogP) is 4.99. The van der Waals surface area contributed by atoms with Gasteiger partial charge in [-0.05, 0) is 78.1 Å². The van der Waals surface area contributed by atoms with Crippen LogP contribution in [0, 0.1) is 0 Å². The molecule has 1 aliphatic rings. The number of nitrogens with zero attached hydrogens (tertiary/aromatic N) is 5. The minimum Gasteiger partial charge on any atom is -0.308 e. The van der Waals surface area contributed by atoms with Gasteiger partial charge in [0.05, 0.1) is 17.7 Å². The van der Waals surface area contributed by atoms with Crippen LogP contribution in [0.2, 0.25) is 0 Å². The summed E-state index contributed by atoms with van der Waals surface area (Å²) in [6, 6.07) is 18.6. The van der Waals surface area contributed by atoms with Crippen molar-refractivity contribution >= 4 is 41.1 Å². The van der Waals surface area contributed by atoms with Gasteiger partial charge >= 0.3 is 6.03 Å². The Morgan fingerprint density at radius 2 is 1.58 bits per heavy atom. The lowest BCUT2D eigenvalue weighted by atomic mass is 9.87. The molecule has 0 spiro atoms. The van der Waals surface area contributed by atoms with Crippen molar-refractivity contribution in [2.75, 3.05) is 15.5 Å². The highest BCUT2D eigenvalue weighted by atomic mass is 16.2. The first-order valence-electron chi connectivity index (χ1n) is 13.8. The van der Waals surface area contributed by atoms with Crippen molar-refractivity contribution in [1.82, 2.24) is 25.5 Å². The summed E-state index contributed by atoms with van der Waals surface area (Å²) in [5, 5.41) is 18.6. The molecule has 0 unspecified atom stereocenters. The molecule has 3 aromatic carbocycles. The first-order valence-corrected chi connectivity index (χ1v) is 13.8. The van der Waals surface area contributed by atoms with Crippen LogP contribution in [0.3, 0.4) is 0 Å². The summed E-state index contributed by atoms with van der Waals surface area (Å²) in [5.41, 5.74) is 3.82. The van der Waals surface area contributed by atoms with Gasteiger partial charge in [0, 0.05) is 23.0 Å². The summed E-state index contributed by atoms with van der Waals surface area (Å²) < 4.78 is 0. The summed E-state index contributed by atoms with van der Waals surface area (Å²) in [7, 11) is 0. The van der Waals surface area contributed by atoms with Crippen LogP contribution in [0.15, 0.2) is 66.7 Å². The van der Waals surface area contributed by atoms with Crippen LogP contribution in [-0.2, 0) is 12.0 Å². The number of benzene rings is 3. The largest absolute Gasteiger partial charge is 0.326 e. The minimum absolute atomic E-state index is 0.0603. The number of hydrogen-bond acceptors (Lipinski definition) is 7. The second-order valence-corrected chi connectivity index (χ2v) is 11.5. The van der Waals surface area contributed by atoms with E-state index >= 15 is 0 Å². The Balaban J connectivity index is 1.39. The maximum absolute atomic E-state index is 13.7. The van der Waals surface area contributed by atoms with Crippen molar-refractivity contribution in [1.29, 1.82) is 0 Å². The normalized spacial score (nSPS) is 12.8. The van der Waals surface area contributed by atoms with Gasteiger partial charge in [-0.25, -0.2) is 4.79 Å². The molecule has 0 saturated heterocycles. The average molecular weight is 581 g/mol. The van der Waals surface area contributed by atoms with Crippen molar-refractivity contribution in [3.8, 4) is 0 Å². The molecule has 0 aliphatic carbocycles. The molecule has 0 atom stereocenters. The maximum Gasteiger partial charge on any atom is 0.326 e. The smallest absolute Gasteiger partial charge is 0.308 e. The first kappa shape index (κ1) is 29.1. The van der Waals surface area contributed by atoms with Gasteiger partial charge in [0.1, 0.15) is 0 Å². The van der Waals surface area contributed by atoms with E-state index in [1.165, 1.54) is 11.0 Å². The van der Waals surface area contributed by atoms with Gasteiger partial charge in [-0.3, -0.25) is 29.5 Å². The molecule has 3 N–H and O–H groups in total. The fourth-order valence-corrected chi connectivity index (χ4v) is 4.75. The van der Waals surface area contributed by atoms with Crippen molar-refractivity contribution < 1.29 is 19.2 Å². The zero-order valence-electron chi connectivity index (χ0n) is 24.5. The van der Waals surface area contributed by atoms with E-state index in [-0.39, 0.29) is 41.3 Å². The summed E-state index contributed by atoms with van der Waals surface area (Å²) in [5.74, 6) is -1.07. The van der Waals surface area contributed by atoms with Gasteiger partial charge in [-0.1, -0.05) is 50.1 Å². The molecule has 5 amide bonds. The zero-order valence-corrected chi connectivity index (χ0v) is 24.5. The molecule has 0 radical (unpaired) electrons. The lowest BCUT2D eigenvalue weighted by molar-refractivity contribution is 0.0608. The Labute approximate surface area is 248 Å². The Kier molecular flexibility index (Phi) is 7.77. The van der Waals surface area contributed by atoms with Crippen LogP contribution in [0.4, 0.5) is 22.1 Å². The SMILES string of the molecule is CC(C)N1C(=O)c2ccc(NC(=O)N(Cc3ccc(C(=O)Nc4nn[nH]n4)cc3)c3ccc(C(C)(C)C)cc3)cc2C1=O. The molecule has 0 bridgehead atoms. The fourth-order valence-electron chi connectivity index (χ4n) is 4.75. The number of fused-ring (bicyclic) bond motifs is 1. The number of H-pyrrole nitrogens is 1. The first-order chi connectivity index (χ1) is 20.4. The second-order valence-electron chi connectivity index (χ2n) is 11.5. The van der Waals surface area contributed by atoms with Gasteiger partial charge in [0.15, 0.2) is 0 Å². The second kappa shape index (κ2) is 11.5. The number of tetrazole rings is 1. The molecular weight excluding hydrogens is 548 g/mol. The molecule has 1 aromatic heterocycles. The number of amides is 5. The molecule has 0 fully saturated rings. The Morgan fingerprint density at radius 3 is 2.19 bits per heavy atom. The van der Waals surface area contributed by atoms with Gasteiger partial charge in [0.25, 0.3) is 23.7 Å². The van der Waals surface area contributed by atoms with Crippen LogP contribution < -0.4 is 15.5 Å². The number of urea groups is 1. The van der Waals surface area contributed by atoms with E-state index in [4.69, 9.17) is 0 Å². The fraction of sp³-hybridized carbons (Fsp3) is 0.258. The lowest BCUT2D eigenvalue weighted by Crippen LogP contribution is -2.36. The monoisotopic (exact) mass is 580 g/mol. The number of aromatic amines is 1. The van der Waals surface area contributed by atoms with Crippen molar-refractivity contribution in [3.63, 3.8) is 0 Å². The standard InChI is InChI=1S/C31H32N8O4/c1-18(2)39-27(41)24-15-12-22(16-25(24)28(39)42)32-30(43)38(23-13-10-21(11-14-23)31(3,4)5)17-19-6-8-20(9-7-19)26(40)33-29-34-36-37-35-29/h6-16,18H,17H2,1-5H3,(H,32,43)(H2,33,34,35,36,37,40). The zero-order chi connectivity index (χ0) is 30.9. The van der Waals surface area contributed by atoms with Crippen LogP contribution in [-0.4, -0.2) is 55.3 Å². The molecule has 5 rings (SSSR count). The molecule has 220 valence electrons. The van der Waals surface area contributed by atoms with E-state index in [2.05, 4.69) is 52.0 Å². The Bertz CT molecular complexity index is 1670. The van der Waals surface area contributed by atoms with E-state index in [1.54, 1.807) is 55.1 Å². The Hall–Kier alpha value is -5.39. The van der Waals surface area contributed by atoms with Crippen LogP contribution in [0.1, 0.15) is 76.8 Å². The van der Waals surface area contributed by atoms with E-state index < -0.39 is 11.9 Å². The summed E-state index contributed by atoms with van der Waals surface area (Å²) in [6.45, 7) is 10.1. The van der Waals surface area contributed by atoms with Crippen molar-refractivity contribution in [3.05, 3.63) is 94.5 Å². The number of nitrogens with one attached hydrogen (secondary N) is 3. The number of aromatic nitrogens is 4. The molecule has 0 saturated carbocycles.